The molecule has 1 aliphatic heterocycles. The number of carbonyl (C=O) groups excluding carboxylic acids is 3. The van der Waals surface area contributed by atoms with E-state index in [9.17, 15) is 14.4 Å². The summed E-state index contributed by atoms with van der Waals surface area (Å²) in [7, 11) is 1.62. The first-order valence-electron chi connectivity index (χ1n) is 12.9. The van der Waals surface area contributed by atoms with E-state index in [4.69, 9.17) is 14.7 Å². The Bertz CT molecular complexity index is 1290. The molecule has 0 saturated carbocycles. The minimum atomic E-state index is -0.702. The number of hydrogen-bond donors (Lipinski definition) is 5. The molecule has 38 heavy (non-hydrogen) atoms. The van der Waals surface area contributed by atoms with Crippen LogP contribution in [0.4, 0.5) is 5.69 Å². The van der Waals surface area contributed by atoms with Gasteiger partial charge < -0.3 is 25.1 Å². The van der Waals surface area contributed by atoms with E-state index in [1.807, 2.05) is 18.2 Å². The van der Waals surface area contributed by atoms with Crippen LogP contribution in [0.5, 0.6) is 5.75 Å². The average Bonchev–Trinajstić information content (AvgIpc) is 3.28. The molecule has 202 valence electrons. The highest BCUT2D eigenvalue weighted by molar-refractivity contribution is 6.04. The van der Waals surface area contributed by atoms with E-state index in [-0.39, 0.29) is 18.2 Å². The minimum absolute atomic E-state index is 0.218. The van der Waals surface area contributed by atoms with Crippen LogP contribution < -0.4 is 20.9 Å². The predicted octanol–water partition coefficient (Wildman–Crippen LogP) is 3.83. The number of nitrogens with one attached hydrogen (secondary N) is 4. The number of aromatic amines is 1. The third-order valence-electron chi connectivity index (χ3n) is 6.73. The van der Waals surface area contributed by atoms with Gasteiger partial charge in [0.05, 0.1) is 18.4 Å². The summed E-state index contributed by atoms with van der Waals surface area (Å²) in [5.74, 6) is -0.294. The number of amides is 3. The minimum Gasteiger partial charge on any atom is -0.497 e. The number of unbranched alkanes of at least 4 members (excludes halogenated alkanes) is 2. The molecule has 0 saturated heterocycles. The summed E-state index contributed by atoms with van der Waals surface area (Å²) in [6, 6.07) is 12.7. The van der Waals surface area contributed by atoms with Crippen LogP contribution in [0.1, 0.15) is 60.1 Å². The Labute approximate surface area is 221 Å². The van der Waals surface area contributed by atoms with Crippen molar-refractivity contribution in [1.82, 2.24) is 15.8 Å². The number of rotatable bonds is 7. The molecule has 2 aromatic carbocycles. The smallest absolute Gasteiger partial charge is 0.253 e. The van der Waals surface area contributed by atoms with Crippen LogP contribution >= 0.6 is 0 Å². The zero-order chi connectivity index (χ0) is 26.9. The van der Waals surface area contributed by atoms with Crippen LogP contribution in [0.15, 0.2) is 42.5 Å². The largest absolute Gasteiger partial charge is 0.497 e. The maximum absolute atomic E-state index is 13.2. The van der Waals surface area contributed by atoms with E-state index < -0.39 is 12.0 Å². The first-order valence-corrected chi connectivity index (χ1v) is 12.9. The number of ether oxygens (including phenoxy) is 2. The molecule has 10 heteroatoms. The van der Waals surface area contributed by atoms with Gasteiger partial charge in [-0.05, 0) is 61.6 Å². The van der Waals surface area contributed by atoms with Gasteiger partial charge in [0.2, 0.25) is 5.91 Å². The lowest BCUT2D eigenvalue weighted by Gasteiger charge is -2.20. The Kier molecular flexibility index (Phi) is 9.34. The number of aromatic nitrogens is 1. The van der Waals surface area contributed by atoms with Gasteiger partial charge in [-0.1, -0.05) is 25.0 Å². The third kappa shape index (κ3) is 6.70. The third-order valence-corrected chi connectivity index (χ3v) is 6.73. The lowest BCUT2D eigenvalue weighted by molar-refractivity contribution is -0.129. The summed E-state index contributed by atoms with van der Waals surface area (Å²) >= 11 is 0. The van der Waals surface area contributed by atoms with Crippen molar-refractivity contribution in [2.45, 2.75) is 57.6 Å². The van der Waals surface area contributed by atoms with Crippen LogP contribution in [-0.2, 0) is 27.3 Å². The molecule has 1 atom stereocenters. The van der Waals surface area contributed by atoms with Crippen LogP contribution in [-0.4, -0.2) is 47.7 Å². The molecule has 1 aromatic heterocycles. The molecule has 3 aromatic rings. The van der Waals surface area contributed by atoms with Crippen molar-refractivity contribution in [2.75, 3.05) is 19.0 Å². The number of H-pyrrole nitrogens is 1. The summed E-state index contributed by atoms with van der Waals surface area (Å²) < 4.78 is 11.5. The SMILES string of the molecule is COc1ccc2[nH]c3c(c2c1)CNC(=O)c1ccccc1NC(=O)[C@H](CCCCCC(=O)NO)OCCC3. The zero-order valence-corrected chi connectivity index (χ0v) is 21.5. The lowest BCUT2D eigenvalue weighted by Crippen LogP contribution is -2.32. The van der Waals surface area contributed by atoms with Crippen molar-refractivity contribution in [1.29, 1.82) is 0 Å². The van der Waals surface area contributed by atoms with Crippen molar-refractivity contribution in [3.8, 4) is 5.75 Å². The van der Waals surface area contributed by atoms with Gasteiger partial charge in [0.25, 0.3) is 11.8 Å². The van der Waals surface area contributed by atoms with Gasteiger partial charge in [-0.15, -0.1) is 0 Å². The fourth-order valence-electron chi connectivity index (χ4n) is 4.70. The summed E-state index contributed by atoms with van der Waals surface area (Å²) in [6.07, 6.45) is 3.33. The van der Waals surface area contributed by atoms with Crippen molar-refractivity contribution < 1.29 is 29.1 Å². The number of aryl methyl sites for hydroxylation is 1. The molecule has 10 nitrogen and oxygen atoms in total. The molecular weight excluding hydrogens is 488 g/mol. The number of carbonyl (C=O) groups is 3. The van der Waals surface area contributed by atoms with Crippen molar-refractivity contribution in [2.24, 2.45) is 0 Å². The fourth-order valence-corrected chi connectivity index (χ4v) is 4.70. The molecule has 2 heterocycles. The van der Waals surface area contributed by atoms with Gasteiger partial charge in [-0.3, -0.25) is 19.6 Å². The van der Waals surface area contributed by atoms with Gasteiger partial charge in [0.15, 0.2) is 0 Å². The number of benzene rings is 2. The van der Waals surface area contributed by atoms with Gasteiger partial charge in [0.1, 0.15) is 11.9 Å². The second-order valence-corrected chi connectivity index (χ2v) is 9.31. The number of anilines is 1. The fraction of sp³-hybridized carbons (Fsp3) is 0.393. The molecule has 0 bridgehead atoms. The van der Waals surface area contributed by atoms with E-state index >= 15 is 0 Å². The zero-order valence-electron chi connectivity index (χ0n) is 21.5. The molecule has 5 N–H and O–H groups in total. The highest BCUT2D eigenvalue weighted by Gasteiger charge is 2.23. The molecule has 0 unspecified atom stereocenters. The number of methoxy groups -OCH3 is 1. The van der Waals surface area contributed by atoms with Crippen LogP contribution in [0.2, 0.25) is 0 Å². The first kappa shape index (κ1) is 27.2. The number of hydroxylamine groups is 1. The molecule has 4 rings (SSSR count). The summed E-state index contributed by atoms with van der Waals surface area (Å²) in [5.41, 5.74) is 5.37. The van der Waals surface area contributed by atoms with Crippen molar-refractivity contribution >= 4 is 34.3 Å². The normalized spacial score (nSPS) is 16.5. The monoisotopic (exact) mass is 522 g/mol. The highest BCUT2D eigenvalue weighted by atomic mass is 16.5. The van der Waals surface area contributed by atoms with E-state index in [2.05, 4.69) is 15.6 Å². The number of para-hydroxylation sites is 1. The Hall–Kier alpha value is -3.89. The second-order valence-electron chi connectivity index (χ2n) is 9.31. The van der Waals surface area contributed by atoms with Crippen molar-refractivity contribution in [3.63, 3.8) is 0 Å². The summed E-state index contributed by atoms with van der Waals surface area (Å²) in [5, 5.41) is 15.5. The predicted molar refractivity (Wildman–Crippen MR) is 142 cm³/mol. The standard InChI is InChI=1S/C28H34N4O6/c1-37-18-13-14-24-20(16-18)21-17-29-27(34)19-8-5-6-9-22(19)31-28(35)25(38-15-7-10-23(21)30-24)11-3-2-4-12-26(33)32-36/h5-6,8-9,13-14,16,25,30,36H,2-4,7,10-12,15,17H2,1H3,(H,29,34)(H,31,35)(H,32,33)/t25-/m0/s1. The van der Waals surface area contributed by atoms with Crippen LogP contribution in [0, 0.1) is 0 Å². The number of hydrogen-bond acceptors (Lipinski definition) is 6. The molecule has 0 radical (unpaired) electrons. The summed E-state index contributed by atoms with van der Waals surface area (Å²) in [6.45, 7) is 0.707. The van der Waals surface area contributed by atoms with Crippen LogP contribution in [0.3, 0.4) is 0 Å². The Morgan fingerprint density at radius 1 is 1.16 bits per heavy atom. The molecular formula is C28H34N4O6. The van der Waals surface area contributed by atoms with E-state index in [0.717, 1.165) is 27.9 Å². The Morgan fingerprint density at radius 2 is 2.00 bits per heavy atom. The van der Waals surface area contributed by atoms with Crippen LogP contribution in [0.25, 0.3) is 10.9 Å². The van der Waals surface area contributed by atoms with Gasteiger partial charge in [0, 0.05) is 36.2 Å². The van der Waals surface area contributed by atoms with Gasteiger partial charge in [-0.2, -0.15) is 0 Å². The molecule has 3 amide bonds. The lowest BCUT2D eigenvalue weighted by atomic mass is 10.1. The van der Waals surface area contributed by atoms with E-state index in [1.54, 1.807) is 36.9 Å². The highest BCUT2D eigenvalue weighted by Crippen LogP contribution is 2.28. The molecule has 1 aliphatic rings. The average molecular weight is 523 g/mol. The molecule has 0 aliphatic carbocycles. The topological polar surface area (TPSA) is 142 Å². The number of fused-ring (bicyclic) bond motifs is 4. The van der Waals surface area contributed by atoms with E-state index in [0.29, 0.717) is 62.9 Å². The second kappa shape index (κ2) is 13.1. The maximum Gasteiger partial charge on any atom is 0.253 e. The first-order chi connectivity index (χ1) is 18.5. The Morgan fingerprint density at radius 3 is 2.82 bits per heavy atom. The quantitative estimate of drug-likeness (QED) is 0.181. The van der Waals surface area contributed by atoms with E-state index in [1.165, 1.54) is 0 Å². The molecule has 0 fully saturated rings. The van der Waals surface area contributed by atoms with Gasteiger partial charge in [-0.25, -0.2) is 5.48 Å². The molecule has 0 spiro atoms. The van der Waals surface area contributed by atoms with Gasteiger partial charge >= 0.3 is 0 Å². The van der Waals surface area contributed by atoms with Crippen molar-refractivity contribution in [3.05, 3.63) is 59.3 Å². The Balaban J connectivity index is 1.55. The maximum atomic E-state index is 13.2. The summed E-state index contributed by atoms with van der Waals surface area (Å²) in [4.78, 5) is 41.1.